The molecule has 1 aromatic rings. The number of carboxylic acids is 1. The molecule has 0 unspecified atom stereocenters. The van der Waals surface area contributed by atoms with Crippen molar-refractivity contribution in [1.82, 2.24) is 0 Å². The highest BCUT2D eigenvalue weighted by atomic mass is 79.9. The minimum absolute atomic E-state index is 0.0281. The fraction of sp³-hybridized carbons (Fsp3) is 0.438. The summed E-state index contributed by atoms with van der Waals surface area (Å²) >= 11 is 3.57. The zero-order chi connectivity index (χ0) is 16.3. The number of aromatic carboxylic acids is 1. The van der Waals surface area contributed by atoms with Crippen LogP contribution in [0, 0.1) is 23.7 Å². The lowest BCUT2D eigenvalue weighted by Gasteiger charge is -2.27. The van der Waals surface area contributed by atoms with Crippen molar-refractivity contribution in [1.29, 1.82) is 0 Å². The van der Waals surface area contributed by atoms with E-state index in [9.17, 15) is 14.4 Å². The van der Waals surface area contributed by atoms with E-state index in [0.717, 1.165) is 6.42 Å². The lowest BCUT2D eigenvalue weighted by molar-refractivity contribution is -0.145. The van der Waals surface area contributed by atoms with E-state index in [0.29, 0.717) is 5.69 Å². The summed E-state index contributed by atoms with van der Waals surface area (Å²) in [5.41, 5.74) is 0.683. The summed E-state index contributed by atoms with van der Waals surface area (Å²) in [6.07, 6.45) is 0.726. The Labute approximate surface area is 140 Å². The molecule has 0 spiro atoms. The Balaban J connectivity index is 1.53. The van der Waals surface area contributed by atoms with Crippen molar-refractivity contribution in [2.24, 2.45) is 23.7 Å². The molecule has 2 saturated carbocycles. The number of anilines is 1. The Morgan fingerprint density at radius 1 is 1.22 bits per heavy atom. The van der Waals surface area contributed by atoms with Crippen LogP contribution in [0.2, 0.25) is 0 Å². The molecule has 0 radical (unpaired) electrons. The minimum Gasteiger partial charge on any atom is -0.478 e. The summed E-state index contributed by atoms with van der Waals surface area (Å²) in [6, 6.07) is 5.98. The van der Waals surface area contributed by atoms with Crippen molar-refractivity contribution in [3.8, 4) is 0 Å². The number of nitrogens with one attached hydrogen (secondary N) is 1. The van der Waals surface area contributed by atoms with Crippen LogP contribution in [-0.4, -0.2) is 33.9 Å². The van der Waals surface area contributed by atoms with E-state index in [4.69, 9.17) is 9.84 Å². The van der Waals surface area contributed by atoms with E-state index in [-0.39, 0.29) is 46.1 Å². The van der Waals surface area contributed by atoms with Crippen LogP contribution in [0.3, 0.4) is 0 Å². The van der Waals surface area contributed by atoms with Crippen molar-refractivity contribution in [3.63, 3.8) is 0 Å². The number of carbonyl (C=O) groups is 3. The predicted octanol–water partition coefficient (Wildman–Crippen LogP) is 1.89. The fourth-order valence-electron chi connectivity index (χ4n) is 4.25. The molecule has 3 aliphatic rings. The Bertz CT molecular complexity index is 703. The molecule has 3 fully saturated rings. The first-order valence-electron chi connectivity index (χ1n) is 7.46. The number of esters is 1. The number of carbonyl (C=O) groups excluding carboxylic acids is 2. The van der Waals surface area contributed by atoms with Crippen LogP contribution in [0.4, 0.5) is 5.69 Å². The molecule has 2 N–H and O–H groups in total. The largest absolute Gasteiger partial charge is 0.478 e. The number of alkyl halides is 1. The molecule has 23 heavy (non-hydrogen) atoms. The topological polar surface area (TPSA) is 92.7 Å². The molecule has 1 aliphatic heterocycles. The molecule has 1 heterocycles. The van der Waals surface area contributed by atoms with Crippen LogP contribution >= 0.6 is 15.9 Å². The van der Waals surface area contributed by atoms with Gasteiger partial charge in [0, 0.05) is 11.6 Å². The van der Waals surface area contributed by atoms with E-state index >= 15 is 0 Å². The Hall–Kier alpha value is -1.89. The fourth-order valence-corrected chi connectivity index (χ4v) is 5.30. The Morgan fingerprint density at radius 3 is 2.57 bits per heavy atom. The number of ether oxygens (including phenoxy) is 1. The lowest BCUT2D eigenvalue weighted by Crippen LogP contribution is -2.40. The summed E-state index contributed by atoms with van der Waals surface area (Å²) in [4.78, 5) is 35.6. The van der Waals surface area contributed by atoms with Gasteiger partial charge in [-0.2, -0.15) is 0 Å². The molecule has 6 nitrogen and oxygen atoms in total. The smallest absolute Gasteiger partial charge is 0.335 e. The van der Waals surface area contributed by atoms with Crippen molar-refractivity contribution >= 4 is 39.5 Å². The van der Waals surface area contributed by atoms with E-state index in [1.54, 1.807) is 12.1 Å². The first-order valence-corrected chi connectivity index (χ1v) is 8.37. The van der Waals surface area contributed by atoms with Gasteiger partial charge in [-0.05, 0) is 36.6 Å². The van der Waals surface area contributed by atoms with Crippen molar-refractivity contribution < 1.29 is 24.2 Å². The molecule has 1 saturated heterocycles. The van der Waals surface area contributed by atoms with Crippen LogP contribution in [0.25, 0.3) is 0 Å². The van der Waals surface area contributed by atoms with Gasteiger partial charge in [0.05, 0.1) is 22.2 Å². The predicted molar refractivity (Wildman–Crippen MR) is 83.2 cm³/mol. The quantitative estimate of drug-likeness (QED) is 0.617. The van der Waals surface area contributed by atoms with Gasteiger partial charge in [0.15, 0.2) is 0 Å². The molecule has 2 bridgehead atoms. The van der Waals surface area contributed by atoms with Gasteiger partial charge in [0.2, 0.25) is 5.91 Å². The molecule has 6 atom stereocenters. The summed E-state index contributed by atoms with van der Waals surface area (Å²) in [5, 5.41) is 11.7. The second-order valence-electron chi connectivity index (χ2n) is 6.33. The molecular formula is C16H14BrNO5. The van der Waals surface area contributed by atoms with Gasteiger partial charge in [-0.15, -0.1) is 0 Å². The number of halogens is 1. The highest BCUT2D eigenvalue weighted by molar-refractivity contribution is 9.09. The average molecular weight is 380 g/mol. The van der Waals surface area contributed by atoms with E-state index < -0.39 is 11.9 Å². The minimum atomic E-state index is -1.02. The molecule has 1 amide bonds. The molecule has 1 aromatic carbocycles. The molecule has 0 aromatic heterocycles. The monoisotopic (exact) mass is 379 g/mol. The summed E-state index contributed by atoms with van der Waals surface area (Å²) in [6.45, 7) is 0. The molecule has 120 valence electrons. The van der Waals surface area contributed by atoms with Crippen LogP contribution in [0.5, 0.6) is 0 Å². The Morgan fingerprint density at radius 2 is 1.91 bits per heavy atom. The van der Waals surface area contributed by atoms with Gasteiger partial charge in [-0.3, -0.25) is 9.59 Å². The number of hydrogen-bond acceptors (Lipinski definition) is 4. The number of amides is 1. The van der Waals surface area contributed by atoms with E-state index in [1.165, 1.54) is 12.1 Å². The van der Waals surface area contributed by atoms with Crippen LogP contribution in [-0.2, 0) is 14.3 Å². The molecular weight excluding hydrogens is 366 g/mol. The van der Waals surface area contributed by atoms with Gasteiger partial charge >= 0.3 is 11.9 Å². The maximum absolute atomic E-state index is 12.6. The normalized spacial score (nSPS) is 36.8. The number of fused-ring (bicyclic) bond motifs is 1. The van der Waals surface area contributed by atoms with Gasteiger partial charge < -0.3 is 15.2 Å². The molecule has 4 rings (SSSR count). The summed E-state index contributed by atoms with van der Waals surface area (Å²) in [7, 11) is 0. The van der Waals surface area contributed by atoms with Gasteiger partial charge in [-0.25, -0.2) is 4.79 Å². The highest BCUT2D eigenvalue weighted by Crippen LogP contribution is 2.60. The second-order valence-corrected chi connectivity index (χ2v) is 7.39. The zero-order valence-corrected chi connectivity index (χ0v) is 13.5. The van der Waals surface area contributed by atoms with E-state index in [1.807, 2.05) is 0 Å². The number of hydrogen-bond donors (Lipinski definition) is 2. The first kappa shape index (κ1) is 14.7. The maximum atomic E-state index is 12.6. The van der Waals surface area contributed by atoms with Gasteiger partial charge in [0.25, 0.3) is 0 Å². The Kier molecular flexibility index (Phi) is 3.23. The zero-order valence-electron chi connectivity index (χ0n) is 11.9. The van der Waals surface area contributed by atoms with Gasteiger partial charge in [-0.1, -0.05) is 15.9 Å². The number of carboxylic acid groups (broad SMARTS) is 1. The maximum Gasteiger partial charge on any atom is 0.335 e. The third-order valence-corrected chi connectivity index (χ3v) is 6.43. The number of benzene rings is 1. The van der Waals surface area contributed by atoms with E-state index in [2.05, 4.69) is 21.2 Å². The van der Waals surface area contributed by atoms with Crippen LogP contribution < -0.4 is 5.32 Å². The first-order chi connectivity index (χ1) is 11.0. The third kappa shape index (κ3) is 2.09. The van der Waals surface area contributed by atoms with Crippen LogP contribution in [0.1, 0.15) is 16.8 Å². The second kappa shape index (κ2) is 5.06. The molecule has 2 aliphatic carbocycles. The third-order valence-electron chi connectivity index (χ3n) is 5.23. The highest BCUT2D eigenvalue weighted by Gasteiger charge is 2.67. The SMILES string of the molecule is O=C(O)c1ccc(NC(=O)[C@@H]2[C@H]3C[C@H]4[C@H](OC(=O)[C@H]42)[C@H]3Br)cc1. The summed E-state index contributed by atoms with van der Waals surface area (Å²) < 4.78 is 5.39. The van der Waals surface area contributed by atoms with Crippen molar-refractivity contribution in [2.75, 3.05) is 5.32 Å². The molecule has 7 heteroatoms. The van der Waals surface area contributed by atoms with Crippen LogP contribution in [0.15, 0.2) is 24.3 Å². The summed E-state index contributed by atoms with van der Waals surface area (Å²) in [5.74, 6) is -2.01. The average Bonchev–Trinajstić information content (AvgIpc) is 3.12. The number of rotatable bonds is 3. The van der Waals surface area contributed by atoms with Crippen molar-refractivity contribution in [2.45, 2.75) is 17.4 Å². The van der Waals surface area contributed by atoms with Crippen molar-refractivity contribution in [3.05, 3.63) is 29.8 Å². The van der Waals surface area contributed by atoms with Gasteiger partial charge in [0.1, 0.15) is 6.10 Å². The standard InChI is InChI=1S/C16H14BrNO5/c17-12-8-5-9-11(16(22)23-13(9)12)10(8)14(19)18-7-3-1-6(2-4-7)15(20)21/h1-4,8-13H,5H2,(H,18,19)(H,20,21)/t8-,9-,10-,11-,12+,13+/m1/s1. The lowest BCUT2D eigenvalue weighted by atomic mass is 9.79.